The molecule has 2 unspecified atom stereocenters. The minimum Gasteiger partial charge on any atom is -0.467 e. The lowest BCUT2D eigenvalue weighted by Crippen LogP contribution is -2.50. The van der Waals surface area contributed by atoms with E-state index < -0.39 is 0 Å². The number of furan rings is 1. The highest BCUT2D eigenvalue weighted by molar-refractivity contribution is 5.76. The van der Waals surface area contributed by atoms with Gasteiger partial charge in [0, 0.05) is 26.1 Å². The normalized spacial score (nSPS) is 31.0. The molecule has 126 valence electrons. The van der Waals surface area contributed by atoms with Crippen LogP contribution < -0.4 is 5.32 Å². The smallest absolute Gasteiger partial charge is 0.220 e. The van der Waals surface area contributed by atoms with Crippen molar-refractivity contribution in [1.29, 1.82) is 0 Å². The predicted molar refractivity (Wildman–Crippen MR) is 88.7 cm³/mol. The van der Waals surface area contributed by atoms with Gasteiger partial charge in [-0.3, -0.25) is 4.79 Å². The fourth-order valence-electron chi connectivity index (χ4n) is 4.68. The molecule has 1 aromatic heterocycles. The van der Waals surface area contributed by atoms with Gasteiger partial charge in [-0.1, -0.05) is 6.42 Å². The first-order valence-electron chi connectivity index (χ1n) is 9.29. The second-order valence-corrected chi connectivity index (χ2v) is 7.84. The van der Waals surface area contributed by atoms with E-state index in [9.17, 15) is 4.79 Å². The van der Waals surface area contributed by atoms with Gasteiger partial charge < -0.3 is 14.6 Å². The number of likely N-dealkylation sites (tertiary alicyclic amines) is 1. The van der Waals surface area contributed by atoms with Gasteiger partial charge in [0.25, 0.3) is 0 Å². The first-order valence-corrected chi connectivity index (χ1v) is 9.29. The van der Waals surface area contributed by atoms with Crippen molar-refractivity contribution in [2.75, 3.05) is 19.6 Å². The van der Waals surface area contributed by atoms with Crippen LogP contribution in [0.25, 0.3) is 0 Å². The van der Waals surface area contributed by atoms with E-state index in [1.165, 1.54) is 51.7 Å². The molecule has 2 heterocycles. The molecule has 2 atom stereocenters. The molecule has 3 aliphatic rings. The van der Waals surface area contributed by atoms with Gasteiger partial charge in [0.15, 0.2) is 0 Å². The number of rotatable bonds is 6. The molecule has 4 nitrogen and oxygen atoms in total. The van der Waals surface area contributed by atoms with Gasteiger partial charge in [0.1, 0.15) is 5.76 Å². The first-order chi connectivity index (χ1) is 11.3. The van der Waals surface area contributed by atoms with Crippen molar-refractivity contribution in [1.82, 2.24) is 10.2 Å². The number of fused-ring (bicyclic) bond motifs is 2. The van der Waals surface area contributed by atoms with Crippen molar-refractivity contribution in [2.24, 2.45) is 23.7 Å². The Hall–Kier alpha value is -1.29. The van der Waals surface area contributed by atoms with Crippen molar-refractivity contribution in [3.05, 3.63) is 24.2 Å². The summed E-state index contributed by atoms with van der Waals surface area (Å²) < 4.78 is 5.28. The quantitative estimate of drug-likeness (QED) is 0.877. The van der Waals surface area contributed by atoms with Crippen LogP contribution in [0, 0.1) is 23.7 Å². The molecule has 2 saturated carbocycles. The van der Waals surface area contributed by atoms with Crippen LogP contribution in [0.4, 0.5) is 0 Å². The van der Waals surface area contributed by atoms with Gasteiger partial charge >= 0.3 is 0 Å². The molecule has 23 heavy (non-hydrogen) atoms. The average Bonchev–Trinajstić information content (AvgIpc) is 3.17. The Morgan fingerprint density at radius 1 is 1.22 bits per heavy atom. The number of amides is 1. The first kappa shape index (κ1) is 15.3. The van der Waals surface area contributed by atoms with E-state index >= 15 is 0 Å². The maximum Gasteiger partial charge on any atom is 0.220 e. The predicted octanol–water partition coefficient (Wildman–Crippen LogP) is 3.04. The number of hydrogen-bond acceptors (Lipinski definition) is 3. The molecule has 1 aliphatic heterocycles. The number of hydrogen-bond donors (Lipinski definition) is 1. The highest BCUT2D eigenvalue weighted by Crippen LogP contribution is 2.42. The molecule has 0 spiro atoms. The van der Waals surface area contributed by atoms with Crippen molar-refractivity contribution in [3.63, 3.8) is 0 Å². The monoisotopic (exact) mass is 316 g/mol. The topological polar surface area (TPSA) is 45.5 Å². The van der Waals surface area contributed by atoms with Crippen molar-refractivity contribution in [2.45, 2.75) is 45.1 Å². The third-order valence-corrected chi connectivity index (χ3v) is 6.02. The van der Waals surface area contributed by atoms with E-state index in [4.69, 9.17) is 4.42 Å². The lowest BCUT2D eigenvalue weighted by Gasteiger charge is -2.47. The maximum atomic E-state index is 12.3. The third-order valence-electron chi connectivity index (χ3n) is 6.02. The van der Waals surface area contributed by atoms with E-state index in [0.717, 1.165) is 23.5 Å². The van der Waals surface area contributed by atoms with Crippen LogP contribution in [-0.2, 0) is 11.3 Å². The summed E-state index contributed by atoms with van der Waals surface area (Å²) in [5, 5.41) is 3.03. The molecule has 1 aromatic rings. The molecular formula is C19H28N2O2. The van der Waals surface area contributed by atoms with Gasteiger partial charge in [0.05, 0.1) is 12.8 Å². The molecule has 1 N–H and O–H groups in total. The summed E-state index contributed by atoms with van der Waals surface area (Å²) in [6.45, 7) is 4.28. The fraction of sp³-hybridized carbons (Fsp3) is 0.737. The summed E-state index contributed by atoms with van der Waals surface area (Å²) in [6, 6.07) is 3.77. The van der Waals surface area contributed by atoms with Gasteiger partial charge in [-0.2, -0.15) is 0 Å². The Morgan fingerprint density at radius 2 is 2.00 bits per heavy atom. The van der Waals surface area contributed by atoms with Gasteiger partial charge in [-0.25, -0.2) is 0 Å². The highest BCUT2D eigenvalue weighted by Gasteiger charge is 2.41. The Kier molecular flexibility index (Phi) is 4.43. The lowest BCUT2D eigenvalue weighted by atomic mass is 9.67. The van der Waals surface area contributed by atoms with Crippen LogP contribution in [0.15, 0.2) is 22.8 Å². The Labute approximate surface area is 138 Å². The largest absolute Gasteiger partial charge is 0.467 e. The number of piperidine rings is 1. The van der Waals surface area contributed by atoms with Gasteiger partial charge in [-0.05, 0) is 61.5 Å². The third kappa shape index (κ3) is 3.79. The number of nitrogens with zero attached hydrogens (tertiary/aromatic N) is 1. The minimum absolute atomic E-state index is 0.193. The summed E-state index contributed by atoms with van der Waals surface area (Å²) >= 11 is 0. The SMILES string of the molecule is O=C(CC1C2CCCC1CN(CC1CC1)C2)NCc1ccco1. The molecule has 1 saturated heterocycles. The van der Waals surface area contributed by atoms with E-state index in [2.05, 4.69) is 10.2 Å². The summed E-state index contributed by atoms with van der Waals surface area (Å²) in [4.78, 5) is 15.0. The minimum atomic E-state index is 0.193. The van der Waals surface area contributed by atoms with Crippen LogP contribution >= 0.6 is 0 Å². The molecule has 2 aliphatic carbocycles. The van der Waals surface area contributed by atoms with E-state index in [1.54, 1.807) is 6.26 Å². The zero-order valence-corrected chi connectivity index (χ0v) is 13.9. The van der Waals surface area contributed by atoms with Crippen LogP contribution in [0.3, 0.4) is 0 Å². The fourth-order valence-corrected chi connectivity index (χ4v) is 4.68. The molecule has 3 fully saturated rings. The summed E-state index contributed by atoms with van der Waals surface area (Å²) in [6.07, 6.45) is 9.21. The van der Waals surface area contributed by atoms with Gasteiger partial charge in [-0.15, -0.1) is 0 Å². The zero-order chi connectivity index (χ0) is 15.6. The molecular weight excluding hydrogens is 288 g/mol. The molecule has 2 bridgehead atoms. The van der Waals surface area contributed by atoms with Crippen LogP contribution in [0.1, 0.15) is 44.3 Å². The van der Waals surface area contributed by atoms with E-state index in [1.807, 2.05) is 12.1 Å². The lowest BCUT2D eigenvalue weighted by molar-refractivity contribution is -0.124. The zero-order valence-electron chi connectivity index (χ0n) is 13.9. The van der Waals surface area contributed by atoms with E-state index in [0.29, 0.717) is 18.9 Å². The number of carbonyl (C=O) groups excluding carboxylic acids is 1. The average molecular weight is 316 g/mol. The van der Waals surface area contributed by atoms with Crippen molar-refractivity contribution < 1.29 is 9.21 Å². The molecule has 1 amide bonds. The Morgan fingerprint density at radius 3 is 2.65 bits per heavy atom. The second kappa shape index (κ2) is 6.68. The summed E-state index contributed by atoms with van der Waals surface area (Å²) in [5.41, 5.74) is 0. The van der Waals surface area contributed by atoms with Gasteiger partial charge in [0.2, 0.25) is 5.91 Å². The molecule has 0 aromatic carbocycles. The second-order valence-electron chi connectivity index (χ2n) is 7.84. The Balaban J connectivity index is 1.30. The standard InChI is InChI=1S/C19H28N2O2/c22-19(20-10-17-5-2-8-23-17)9-18-15-3-1-4-16(18)13-21(12-15)11-14-6-7-14/h2,5,8,14-16,18H,1,3-4,6-7,9-13H2,(H,20,22). The summed E-state index contributed by atoms with van der Waals surface area (Å²) in [7, 11) is 0. The maximum absolute atomic E-state index is 12.3. The number of nitrogens with one attached hydrogen (secondary N) is 1. The molecule has 0 radical (unpaired) electrons. The number of carbonyl (C=O) groups is 1. The van der Waals surface area contributed by atoms with Crippen molar-refractivity contribution >= 4 is 5.91 Å². The van der Waals surface area contributed by atoms with Crippen LogP contribution in [-0.4, -0.2) is 30.4 Å². The highest BCUT2D eigenvalue weighted by atomic mass is 16.3. The van der Waals surface area contributed by atoms with E-state index in [-0.39, 0.29) is 5.91 Å². The molecule has 4 rings (SSSR count). The Bertz CT molecular complexity index is 509. The van der Waals surface area contributed by atoms with Crippen molar-refractivity contribution in [3.8, 4) is 0 Å². The molecule has 4 heteroatoms. The van der Waals surface area contributed by atoms with Crippen LogP contribution in [0.2, 0.25) is 0 Å². The van der Waals surface area contributed by atoms with Crippen LogP contribution in [0.5, 0.6) is 0 Å². The summed E-state index contributed by atoms with van der Waals surface area (Å²) in [5.74, 6) is 4.06.